The highest BCUT2D eigenvalue weighted by Crippen LogP contribution is 2.20. The van der Waals surface area contributed by atoms with Gasteiger partial charge in [0.05, 0.1) is 20.6 Å². The minimum absolute atomic E-state index is 0.172. The van der Waals surface area contributed by atoms with Crippen molar-refractivity contribution in [2.45, 2.75) is 12.5 Å². The van der Waals surface area contributed by atoms with Crippen LogP contribution in [-0.2, 0) is 9.53 Å². The average molecular weight is 201 g/mol. The van der Waals surface area contributed by atoms with Gasteiger partial charge in [-0.05, 0) is 5.16 Å². The highest BCUT2D eigenvalue weighted by atomic mass is 16.5. The third-order valence-electron chi connectivity index (χ3n) is 1.63. The number of rotatable bonds is 4. The molecule has 14 heavy (non-hydrogen) atoms. The lowest BCUT2D eigenvalue weighted by Crippen LogP contribution is -2.07. The van der Waals surface area contributed by atoms with E-state index < -0.39 is 12.1 Å². The average Bonchev–Trinajstić information content (AvgIpc) is 2.65. The van der Waals surface area contributed by atoms with E-state index in [9.17, 15) is 9.90 Å². The van der Waals surface area contributed by atoms with Gasteiger partial charge >= 0.3 is 5.97 Å². The van der Waals surface area contributed by atoms with Crippen molar-refractivity contribution in [2.75, 3.05) is 14.2 Å². The molecule has 1 atom stereocenters. The molecule has 0 radical (unpaired) electrons. The molecule has 78 valence electrons. The summed E-state index contributed by atoms with van der Waals surface area (Å²) in [4.78, 5) is 10.8. The fourth-order valence-corrected chi connectivity index (χ4v) is 0.867. The normalized spacial score (nSPS) is 12.2. The van der Waals surface area contributed by atoms with Crippen LogP contribution in [-0.4, -0.2) is 30.5 Å². The van der Waals surface area contributed by atoms with Gasteiger partial charge in [0.1, 0.15) is 6.10 Å². The van der Waals surface area contributed by atoms with Crippen LogP contribution < -0.4 is 4.74 Å². The van der Waals surface area contributed by atoms with Gasteiger partial charge in [0.25, 0.3) is 5.88 Å². The molecule has 6 nitrogen and oxygen atoms in total. The summed E-state index contributed by atoms with van der Waals surface area (Å²) in [5, 5.41) is 12.9. The van der Waals surface area contributed by atoms with Crippen molar-refractivity contribution < 1.29 is 23.9 Å². The Balaban J connectivity index is 2.60. The van der Waals surface area contributed by atoms with Gasteiger partial charge in [-0.1, -0.05) is 0 Å². The van der Waals surface area contributed by atoms with Gasteiger partial charge in [0, 0.05) is 6.07 Å². The van der Waals surface area contributed by atoms with Crippen molar-refractivity contribution in [3.8, 4) is 5.88 Å². The van der Waals surface area contributed by atoms with E-state index in [1.54, 1.807) is 0 Å². The molecule has 0 aliphatic rings. The molecular formula is C8H11NO5. The summed E-state index contributed by atoms with van der Waals surface area (Å²) in [6.07, 6.45) is -1.23. The summed E-state index contributed by atoms with van der Waals surface area (Å²) in [5.41, 5.74) is 0. The molecule has 0 amide bonds. The van der Waals surface area contributed by atoms with Crippen molar-refractivity contribution in [2.24, 2.45) is 0 Å². The lowest BCUT2D eigenvalue weighted by molar-refractivity contribution is -0.143. The Bertz CT molecular complexity index is 308. The summed E-state index contributed by atoms with van der Waals surface area (Å²) in [5.74, 6) is -0.0935. The Morgan fingerprint density at radius 2 is 2.43 bits per heavy atom. The first-order chi connectivity index (χ1) is 6.67. The molecule has 1 heterocycles. The first kappa shape index (κ1) is 10.5. The maximum absolute atomic E-state index is 10.8. The van der Waals surface area contributed by atoms with Crippen molar-refractivity contribution in [3.63, 3.8) is 0 Å². The van der Waals surface area contributed by atoms with Gasteiger partial charge in [0.15, 0.2) is 5.76 Å². The number of hydrogen-bond acceptors (Lipinski definition) is 6. The fourth-order valence-electron chi connectivity index (χ4n) is 0.867. The molecule has 0 aliphatic carbocycles. The predicted molar refractivity (Wildman–Crippen MR) is 44.6 cm³/mol. The zero-order chi connectivity index (χ0) is 10.6. The minimum atomic E-state index is -1.06. The van der Waals surface area contributed by atoms with Gasteiger partial charge in [-0.2, -0.15) is 0 Å². The van der Waals surface area contributed by atoms with Crippen LogP contribution in [0.5, 0.6) is 5.88 Å². The van der Waals surface area contributed by atoms with Crippen LogP contribution in [0.4, 0.5) is 0 Å². The number of carbonyl (C=O) groups excluding carboxylic acids is 1. The molecule has 1 rings (SSSR count). The maximum atomic E-state index is 10.8. The van der Waals surface area contributed by atoms with Gasteiger partial charge in [-0.15, -0.1) is 0 Å². The Kier molecular flexibility index (Phi) is 3.47. The Labute approximate surface area is 80.4 Å². The van der Waals surface area contributed by atoms with Crippen molar-refractivity contribution in [1.82, 2.24) is 5.16 Å². The number of aliphatic hydroxyl groups is 1. The maximum Gasteiger partial charge on any atom is 0.308 e. The van der Waals surface area contributed by atoms with Crippen LogP contribution in [0.15, 0.2) is 10.6 Å². The van der Waals surface area contributed by atoms with Crippen LogP contribution in [0.3, 0.4) is 0 Å². The van der Waals surface area contributed by atoms with E-state index in [1.165, 1.54) is 20.3 Å². The van der Waals surface area contributed by atoms with Crippen LogP contribution in [0.1, 0.15) is 18.3 Å². The molecule has 0 unspecified atom stereocenters. The molecule has 0 fully saturated rings. The Morgan fingerprint density at radius 3 is 2.93 bits per heavy atom. The SMILES string of the molecule is COC(=O)C[C@@H](O)c1cc(OC)no1. The van der Waals surface area contributed by atoms with Gasteiger partial charge in [-0.3, -0.25) is 4.79 Å². The molecular weight excluding hydrogens is 190 g/mol. The van der Waals surface area contributed by atoms with Crippen molar-refractivity contribution in [3.05, 3.63) is 11.8 Å². The number of aromatic nitrogens is 1. The smallest absolute Gasteiger partial charge is 0.308 e. The molecule has 0 aliphatic heterocycles. The largest absolute Gasteiger partial charge is 0.479 e. The topological polar surface area (TPSA) is 81.8 Å². The lowest BCUT2D eigenvalue weighted by Gasteiger charge is -2.03. The highest BCUT2D eigenvalue weighted by Gasteiger charge is 2.18. The monoisotopic (exact) mass is 201 g/mol. The van der Waals surface area contributed by atoms with Crippen LogP contribution in [0.25, 0.3) is 0 Å². The number of nitrogens with zero attached hydrogens (tertiary/aromatic N) is 1. The van der Waals surface area contributed by atoms with E-state index in [4.69, 9.17) is 9.26 Å². The molecule has 0 aromatic carbocycles. The summed E-state index contributed by atoms with van der Waals surface area (Å²) < 4.78 is 13.9. The number of ether oxygens (including phenoxy) is 2. The molecule has 1 N–H and O–H groups in total. The number of hydrogen-bond donors (Lipinski definition) is 1. The summed E-state index contributed by atoms with van der Waals surface area (Å²) in [6, 6.07) is 1.41. The molecule has 6 heteroatoms. The zero-order valence-corrected chi connectivity index (χ0v) is 7.89. The molecule has 0 saturated carbocycles. The second-order valence-electron chi connectivity index (χ2n) is 2.57. The number of esters is 1. The summed E-state index contributed by atoms with van der Waals surface area (Å²) >= 11 is 0. The van der Waals surface area contributed by atoms with Crippen LogP contribution in [0.2, 0.25) is 0 Å². The molecule has 0 bridgehead atoms. The Hall–Kier alpha value is -1.56. The number of carbonyl (C=O) groups is 1. The standard InChI is InChI=1S/C8H11NO5/c1-12-7-4-6(14-9-7)5(10)3-8(11)13-2/h4-5,10H,3H2,1-2H3/t5-/m1/s1. The lowest BCUT2D eigenvalue weighted by atomic mass is 10.2. The highest BCUT2D eigenvalue weighted by molar-refractivity contribution is 5.69. The van der Waals surface area contributed by atoms with Crippen LogP contribution in [0, 0.1) is 0 Å². The second kappa shape index (κ2) is 4.61. The van der Waals surface area contributed by atoms with Crippen molar-refractivity contribution >= 4 is 5.97 Å². The van der Waals surface area contributed by atoms with E-state index in [-0.39, 0.29) is 18.1 Å². The Morgan fingerprint density at radius 1 is 1.71 bits per heavy atom. The van der Waals surface area contributed by atoms with E-state index in [0.717, 1.165) is 0 Å². The molecule has 0 spiro atoms. The first-order valence-electron chi connectivity index (χ1n) is 3.93. The first-order valence-corrected chi connectivity index (χ1v) is 3.93. The second-order valence-corrected chi connectivity index (χ2v) is 2.57. The summed E-state index contributed by atoms with van der Waals surface area (Å²) in [7, 11) is 2.67. The van der Waals surface area contributed by atoms with E-state index in [1.807, 2.05) is 0 Å². The molecule has 1 aromatic rings. The summed E-state index contributed by atoms with van der Waals surface area (Å²) in [6.45, 7) is 0. The van der Waals surface area contributed by atoms with Gasteiger partial charge < -0.3 is 19.1 Å². The van der Waals surface area contributed by atoms with Crippen LogP contribution >= 0.6 is 0 Å². The third-order valence-corrected chi connectivity index (χ3v) is 1.63. The van der Waals surface area contributed by atoms with Crippen molar-refractivity contribution in [1.29, 1.82) is 0 Å². The molecule has 0 saturated heterocycles. The third kappa shape index (κ3) is 2.46. The minimum Gasteiger partial charge on any atom is -0.479 e. The van der Waals surface area contributed by atoms with Gasteiger partial charge in [0.2, 0.25) is 0 Å². The number of methoxy groups -OCH3 is 2. The van der Waals surface area contributed by atoms with E-state index in [2.05, 4.69) is 9.89 Å². The zero-order valence-electron chi connectivity index (χ0n) is 7.89. The fraction of sp³-hybridized carbons (Fsp3) is 0.500. The van der Waals surface area contributed by atoms with Gasteiger partial charge in [-0.25, -0.2) is 0 Å². The predicted octanol–water partition coefficient (Wildman–Crippen LogP) is 0.280. The quantitative estimate of drug-likeness (QED) is 0.704. The number of aliphatic hydroxyl groups excluding tert-OH is 1. The van der Waals surface area contributed by atoms with E-state index in [0.29, 0.717) is 0 Å². The van der Waals surface area contributed by atoms with E-state index >= 15 is 0 Å². The molecule has 1 aromatic heterocycles.